The molecule has 0 aromatic heterocycles. The number of hydrogen-bond acceptors (Lipinski definition) is 0. The zero-order valence-corrected chi connectivity index (χ0v) is 25.1. The lowest BCUT2D eigenvalue weighted by Crippen LogP contribution is -2.25. The average Bonchev–Trinajstić information content (AvgIpc) is 2.98. The van der Waals surface area contributed by atoms with E-state index in [1.54, 1.807) is 0 Å². The largest absolute Gasteiger partial charge is 0.0730 e. The van der Waals surface area contributed by atoms with E-state index in [-0.39, 0.29) is 0 Å². The third-order valence-electron chi connectivity index (χ3n) is 10.7. The van der Waals surface area contributed by atoms with Gasteiger partial charge >= 0.3 is 0 Å². The second-order valence-electron chi connectivity index (χ2n) is 13.4. The summed E-state index contributed by atoms with van der Waals surface area (Å²) in [6.45, 7) is 4.64. The van der Waals surface area contributed by atoms with Crippen LogP contribution in [0.25, 0.3) is 0 Å². The molecule has 0 radical (unpaired) electrons. The highest BCUT2D eigenvalue weighted by Crippen LogP contribution is 2.42. The van der Waals surface area contributed by atoms with E-state index < -0.39 is 0 Å². The number of rotatable bonds is 11. The Kier molecular flexibility index (Phi) is 12.9. The topological polar surface area (TPSA) is 0 Å². The molecule has 210 valence electrons. The second-order valence-corrected chi connectivity index (χ2v) is 13.4. The van der Waals surface area contributed by atoms with Gasteiger partial charge in [-0.25, -0.2) is 0 Å². The zero-order valence-electron chi connectivity index (χ0n) is 25.1. The summed E-state index contributed by atoms with van der Waals surface area (Å²) < 4.78 is 0. The Labute approximate surface area is 236 Å². The molecule has 0 aliphatic heterocycles. The summed E-state index contributed by atoms with van der Waals surface area (Å²) in [6, 6.07) is 9.22. The quantitative estimate of drug-likeness (QED) is 0.203. The minimum atomic E-state index is 0.755. The summed E-state index contributed by atoms with van der Waals surface area (Å²) in [5.74, 6) is 12.4. The molecule has 0 atom stereocenters. The van der Waals surface area contributed by atoms with Crippen LogP contribution in [0.3, 0.4) is 0 Å². The molecule has 1 aromatic rings. The minimum absolute atomic E-state index is 0.755. The molecule has 0 N–H and O–H groups in total. The molecular weight excluding hydrogens is 456 g/mol. The number of hydrogen-bond donors (Lipinski definition) is 0. The molecule has 3 aliphatic rings. The predicted octanol–water partition coefficient (Wildman–Crippen LogP) is 11.6. The van der Waals surface area contributed by atoms with Gasteiger partial charge in [0.25, 0.3) is 0 Å². The first kappa shape index (κ1) is 29.5. The fourth-order valence-electron chi connectivity index (χ4n) is 8.04. The number of unbranched alkanes of at least 4 members (excludes halogenated alkanes) is 4. The van der Waals surface area contributed by atoms with Crippen LogP contribution in [-0.2, 0) is 0 Å². The van der Waals surface area contributed by atoms with Crippen molar-refractivity contribution in [1.29, 1.82) is 0 Å². The highest BCUT2D eigenvalue weighted by Gasteiger charge is 2.30. The predicted molar refractivity (Wildman–Crippen MR) is 166 cm³/mol. The van der Waals surface area contributed by atoms with Crippen molar-refractivity contribution in [3.05, 3.63) is 47.5 Å². The van der Waals surface area contributed by atoms with Gasteiger partial charge in [-0.2, -0.15) is 0 Å². The van der Waals surface area contributed by atoms with Gasteiger partial charge in [0.1, 0.15) is 0 Å². The Balaban J connectivity index is 1.12. The van der Waals surface area contributed by atoms with Gasteiger partial charge in [-0.1, -0.05) is 108 Å². The van der Waals surface area contributed by atoms with E-state index in [1.165, 1.54) is 140 Å². The first-order chi connectivity index (χ1) is 18.7. The zero-order chi connectivity index (χ0) is 26.4. The molecule has 0 unspecified atom stereocenters. The van der Waals surface area contributed by atoms with Gasteiger partial charge in [0.15, 0.2) is 0 Å². The Bertz CT molecular complexity index is 840. The SMILES string of the molecule is CCCCCC[C@H]1CC[C@H](C2CCC(/C=C/C#Cc3ccc([C@H]4CC[C@H](CCCC)CC4)cc3)CC2)CC1. The molecule has 3 saturated carbocycles. The third kappa shape index (κ3) is 9.61. The fraction of sp³-hybridized carbons (Fsp3) is 0.737. The Morgan fingerprint density at radius 1 is 0.632 bits per heavy atom. The number of benzene rings is 1. The Morgan fingerprint density at radius 2 is 1.21 bits per heavy atom. The summed E-state index contributed by atoms with van der Waals surface area (Å²) in [5, 5.41) is 0. The molecule has 0 spiro atoms. The molecular formula is C38H58. The Morgan fingerprint density at radius 3 is 1.84 bits per heavy atom. The first-order valence-corrected chi connectivity index (χ1v) is 17.0. The van der Waals surface area contributed by atoms with E-state index in [4.69, 9.17) is 0 Å². The van der Waals surface area contributed by atoms with E-state index in [9.17, 15) is 0 Å². The summed E-state index contributed by atoms with van der Waals surface area (Å²) >= 11 is 0. The lowest BCUT2D eigenvalue weighted by Gasteiger charge is -2.37. The van der Waals surface area contributed by atoms with Crippen molar-refractivity contribution in [3.63, 3.8) is 0 Å². The molecule has 0 bridgehead atoms. The molecule has 3 aliphatic carbocycles. The van der Waals surface area contributed by atoms with Crippen molar-refractivity contribution in [2.24, 2.45) is 29.6 Å². The smallest absolute Gasteiger partial charge is 0.0249 e. The number of allylic oxidation sites excluding steroid dienone is 2. The van der Waals surface area contributed by atoms with Crippen LogP contribution in [0.5, 0.6) is 0 Å². The summed E-state index contributed by atoms with van der Waals surface area (Å²) in [5.41, 5.74) is 2.71. The van der Waals surface area contributed by atoms with Crippen LogP contribution in [0.1, 0.15) is 159 Å². The summed E-state index contributed by atoms with van der Waals surface area (Å²) in [6.07, 6.45) is 33.4. The highest BCUT2D eigenvalue weighted by molar-refractivity contribution is 5.39. The van der Waals surface area contributed by atoms with Crippen LogP contribution in [0.2, 0.25) is 0 Å². The minimum Gasteiger partial charge on any atom is -0.0730 e. The third-order valence-corrected chi connectivity index (χ3v) is 10.7. The molecule has 0 saturated heterocycles. The maximum atomic E-state index is 3.39. The van der Waals surface area contributed by atoms with Crippen molar-refractivity contribution < 1.29 is 0 Å². The van der Waals surface area contributed by atoms with E-state index in [0.29, 0.717) is 0 Å². The lowest BCUT2D eigenvalue weighted by atomic mass is 9.68. The lowest BCUT2D eigenvalue weighted by molar-refractivity contribution is 0.151. The van der Waals surface area contributed by atoms with Gasteiger partial charge in [-0.3, -0.25) is 0 Å². The van der Waals surface area contributed by atoms with Gasteiger partial charge in [0.05, 0.1) is 0 Å². The summed E-state index contributed by atoms with van der Waals surface area (Å²) in [4.78, 5) is 0. The van der Waals surface area contributed by atoms with Crippen LogP contribution in [-0.4, -0.2) is 0 Å². The van der Waals surface area contributed by atoms with E-state index in [1.807, 2.05) is 0 Å². The van der Waals surface area contributed by atoms with Gasteiger partial charge < -0.3 is 0 Å². The van der Waals surface area contributed by atoms with Gasteiger partial charge in [-0.05, 0) is 123 Å². The molecule has 0 nitrogen and oxygen atoms in total. The first-order valence-electron chi connectivity index (χ1n) is 17.0. The monoisotopic (exact) mass is 514 g/mol. The van der Waals surface area contributed by atoms with Gasteiger partial charge in [-0.15, -0.1) is 0 Å². The average molecular weight is 515 g/mol. The van der Waals surface area contributed by atoms with E-state index >= 15 is 0 Å². The normalized spacial score (nSPS) is 30.2. The van der Waals surface area contributed by atoms with Crippen molar-refractivity contribution in [2.75, 3.05) is 0 Å². The van der Waals surface area contributed by atoms with Crippen molar-refractivity contribution in [3.8, 4) is 11.8 Å². The highest BCUT2D eigenvalue weighted by atomic mass is 14.4. The van der Waals surface area contributed by atoms with Crippen molar-refractivity contribution in [2.45, 2.75) is 148 Å². The van der Waals surface area contributed by atoms with Crippen LogP contribution < -0.4 is 0 Å². The van der Waals surface area contributed by atoms with Crippen molar-refractivity contribution >= 4 is 0 Å². The van der Waals surface area contributed by atoms with E-state index in [0.717, 1.165) is 35.5 Å². The van der Waals surface area contributed by atoms with Crippen LogP contribution in [0.15, 0.2) is 36.4 Å². The molecule has 3 fully saturated rings. The Hall–Kier alpha value is -1.48. The van der Waals surface area contributed by atoms with Crippen molar-refractivity contribution in [1.82, 2.24) is 0 Å². The molecule has 1 aromatic carbocycles. The molecule has 0 heterocycles. The molecule has 4 rings (SSSR count). The molecule has 0 heteroatoms. The van der Waals surface area contributed by atoms with Crippen LogP contribution >= 0.6 is 0 Å². The van der Waals surface area contributed by atoms with E-state index in [2.05, 4.69) is 62.1 Å². The fourth-order valence-corrected chi connectivity index (χ4v) is 8.04. The molecule has 0 amide bonds. The van der Waals surface area contributed by atoms with Crippen LogP contribution in [0, 0.1) is 41.4 Å². The van der Waals surface area contributed by atoms with Gasteiger partial charge in [0.2, 0.25) is 0 Å². The maximum absolute atomic E-state index is 3.39. The maximum Gasteiger partial charge on any atom is 0.0249 e. The standard InChI is InChI=1S/C38H58/c1-3-5-7-8-12-32-17-25-36(26-18-32)38-29-21-34(22-30-38)14-10-9-13-33-19-27-37(28-20-33)35-23-15-31(16-24-35)11-6-4-2/h10,14,19-20,27-28,31-32,34-36,38H,3-8,11-12,15-18,21-26,29-30H2,1-2H3/b14-10+/t31-,32-,34?,35-,36-,38?. The summed E-state index contributed by atoms with van der Waals surface area (Å²) in [7, 11) is 0. The van der Waals surface area contributed by atoms with Crippen LogP contribution in [0.4, 0.5) is 0 Å². The molecule has 38 heavy (non-hydrogen) atoms. The second kappa shape index (κ2) is 16.6. The van der Waals surface area contributed by atoms with Gasteiger partial charge in [0, 0.05) is 5.56 Å².